The molecule has 0 N–H and O–H groups in total. The standard InChI is InChI=1S/C10H12O.CH2O/c1-3-9-4-6-10(7-5-9)8(2)11;1-2/h4-7H,3H2,1-2H3;1H2. The van der Waals surface area contributed by atoms with Crippen LogP contribution in [-0.4, -0.2) is 12.6 Å². The molecule has 0 fully saturated rings. The molecule has 0 unspecified atom stereocenters. The summed E-state index contributed by atoms with van der Waals surface area (Å²) in [4.78, 5) is 18.8. The van der Waals surface area contributed by atoms with Gasteiger partial charge in [0.05, 0.1) is 0 Å². The van der Waals surface area contributed by atoms with E-state index in [9.17, 15) is 4.79 Å². The summed E-state index contributed by atoms with van der Waals surface area (Å²) in [6.45, 7) is 5.68. The molecular formula is C11H14O2. The molecule has 0 aliphatic carbocycles. The van der Waals surface area contributed by atoms with Crippen molar-refractivity contribution in [2.45, 2.75) is 20.3 Å². The van der Waals surface area contributed by atoms with Gasteiger partial charge in [0, 0.05) is 5.56 Å². The predicted molar refractivity (Wildman–Crippen MR) is 52.9 cm³/mol. The molecule has 2 nitrogen and oxygen atoms in total. The Labute approximate surface area is 78.6 Å². The van der Waals surface area contributed by atoms with E-state index in [0.29, 0.717) is 0 Å². The Hall–Kier alpha value is -1.44. The van der Waals surface area contributed by atoms with Gasteiger partial charge in [-0.3, -0.25) is 4.79 Å². The fraction of sp³-hybridized carbons (Fsp3) is 0.273. The van der Waals surface area contributed by atoms with E-state index >= 15 is 0 Å². The van der Waals surface area contributed by atoms with Gasteiger partial charge in [-0.05, 0) is 18.9 Å². The molecule has 0 saturated carbocycles. The first-order valence-corrected chi connectivity index (χ1v) is 4.12. The van der Waals surface area contributed by atoms with Crippen LogP contribution in [0.4, 0.5) is 0 Å². The quantitative estimate of drug-likeness (QED) is 0.651. The van der Waals surface area contributed by atoms with Gasteiger partial charge in [-0.2, -0.15) is 0 Å². The molecule has 0 radical (unpaired) electrons. The lowest BCUT2D eigenvalue weighted by Crippen LogP contribution is -1.91. The molecule has 0 aromatic heterocycles. The molecule has 0 amide bonds. The number of carbonyl (C=O) groups is 2. The van der Waals surface area contributed by atoms with Crippen molar-refractivity contribution < 1.29 is 9.59 Å². The Morgan fingerprint density at radius 3 is 2.00 bits per heavy atom. The van der Waals surface area contributed by atoms with Crippen molar-refractivity contribution in [2.75, 3.05) is 0 Å². The van der Waals surface area contributed by atoms with E-state index in [1.807, 2.05) is 31.1 Å². The number of ketones is 1. The lowest BCUT2D eigenvalue weighted by atomic mass is 10.1. The van der Waals surface area contributed by atoms with Gasteiger partial charge in [0.1, 0.15) is 6.79 Å². The first kappa shape index (κ1) is 11.6. The highest BCUT2D eigenvalue weighted by Crippen LogP contribution is 2.04. The summed E-state index contributed by atoms with van der Waals surface area (Å²) in [5.74, 6) is 0.132. The summed E-state index contributed by atoms with van der Waals surface area (Å²) >= 11 is 0. The highest BCUT2D eigenvalue weighted by atomic mass is 16.1. The van der Waals surface area contributed by atoms with Crippen LogP contribution in [0.2, 0.25) is 0 Å². The lowest BCUT2D eigenvalue weighted by molar-refractivity contribution is -0.0979. The van der Waals surface area contributed by atoms with Crippen LogP contribution in [0.15, 0.2) is 24.3 Å². The summed E-state index contributed by atoms with van der Waals surface area (Å²) in [5.41, 5.74) is 2.07. The fourth-order valence-electron chi connectivity index (χ4n) is 0.975. The van der Waals surface area contributed by atoms with Crippen LogP contribution in [0.5, 0.6) is 0 Å². The molecule has 1 aromatic rings. The molecule has 1 rings (SSSR count). The second kappa shape index (κ2) is 6.12. The molecule has 0 spiro atoms. The number of hydrogen-bond acceptors (Lipinski definition) is 2. The second-order valence-corrected chi connectivity index (χ2v) is 2.61. The summed E-state index contributed by atoms with van der Waals surface area (Å²) in [7, 11) is 0. The van der Waals surface area contributed by atoms with E-state index in [-0.39, 0.29) is 5.78 Å². The Kier molecular flexibility index (Phi) is 5.44. The average Bonchev–Trinajstić information content (AvgIpc) is 2.21. The molecule has 0 saturated heterocycles. The first-order chi connectivity index (χ1) is 6.24. The van der Waals surface area contributed by atoms with Crippen LogP contribution in [0.3, 0.4) is 0 Å². The Morgan fingerprint density at radius 1 is 1.23 bits per heavy atom. The van der Waals surface area contributed by atoms with Crippen LogP contribution in [-0.2, 0) is 11.2 Å². The van der Waals surface area contributed by atoms with Gasteiger partial charge in [-0.25, -0.2) is 0 Å². The summed E-state index contributed by atoms with van der Waals surface area (Å²) < 4.78 is 0. The van der Waals surface area contributed by atoms with Crippen molar-refractivity contribution in [3.63, 3.8) is 0 Å². The van der Waals surface area contributed by atoms with Gasteiger partial charge in [0.2, 0.25) is 0 Å². The highest BCUT2D eigenvalue weighted by Gasteiger charge is 1.96. The Morgan fingerprint density at radius 2 is 1.69 bits per heavy atom. The molecule has 0 aliphatic heterocycles. The molecule has 1 aromatic carbocycles. The van der Waals surface area contributed by atoms with E-state index in [0.717, 1.165) is 12.0 Å². The smallest absolute Gasteiger partial charge is 0.159 e. The topological polar surface area (TPSA) is 34.1 Å². The predicted octanol–water partition coefficient (Wildman–Crippen LogP) is 2.27. The molecule has 2 heteroatoms. The van der Waals surface area contributed by atoms with Crippen molar-refractivity contribution in [1.29, 1.82) is 0 Å². The van der Waals surface area contributed by atoms with Crippen molar-refractivity contribution in [3.05, 3.63) is 35.4 Å². The van der Waals surface area contributed by atoms with Crippen molar-refractivity contribution in [1.82, 2.24) is 0 Å². The monoisotopic (exact) mass is 178 g/mol. The minimum atomic E-state index is 0.132. The third-order valence-corrected chi connectivity index (χ3v) is 1.77. The Bertz CT molecular complexity index is 262. The van der Waals surface area contributed by atoms with E-state index < -0.39 is 0 Å². The number of aryl methyl sites for hydroxylation is 1. The minimum absolute atomic E-state index is 0.132. The van der Waals surface area contributed by atoms with Crippen molar-refractivity contribution >= 4 is 12.6 Å². The van der Waals surface area contributed by atoms with Crippen molar-refractivity contribution in [2.24, 2.45) is 0 Å². The number of rotatable bonds is 2. The van der Waals surface area contributed by atoms with Gasteiger partial charge < -0.3 is 4.79 Å². The number of benzene rings is 1. The van der Waals surface area contributed by atoms with Crippen LogP contribution >= 0.6 is 0 Å². The highest BCUT2D eigenvalue weighted by molar-refractivity contribution is 5.93. The zero-order chi connectivity index (χ0) is 10.3. The fourth-order valence-corrected chi connectivity index (χ4v) is 0.975. The van der Waals surface area contributed by atoms with Crippen LogP contribution in [0, 0.1) is 0 Å². The lowest BCUT2D eigenvalue weighted by Gasteiger charge is -1.97. The summed E-state index contributed by atoms with van der Waals surface area (Å²) in [6.07, 6.45) is 1.03. The van der Waals surface area contributed by atoms with Crippen molar-refractivity contribution in [3.8, 4) is 0 Å². The second-order valence-electron chi connectivity index (χ2n) is 2.61. The molecule has 70 valence electrons. The maximum absolute atomic E-state index is 10.8. The Balaban J connectivity index is 0.000000671. The van der Waals surface area contributed by atoms with Gasteiger partial charge in [0.25, 0.3) is 0 Å². The third kappa shape index (κ3) is 3.65. The van der Waals surface area contributed by atoms with Gasteiger partial charge in [-0.15, -0.1) is 0 Å². The van der Waals surface area contributed by atoms with E-state index in [1.165, 1.54) is 5.56 Å². The largest absolute Gasteiger partial charge is 0.307 e. The van der Waals surface area contributed by atoms with E-state index in [2.05, 4.69) is 6.92 Å². The van der Waals surface area contributed by atoms with E-state index in [1.54, 1.807) is 6.92 Å². The molecule has 0 bridgehead atoms. The normalized spacial score (nSPS) is 8.46. The number of hydrogen-bond donors (Lipinski definition) is 0. The van der Waals surface area contributed by atoms with Gasteiger partial charge in [-0.1, -0.05) is 31.2 Å². The average molecular weight is 178 g/mol. The maximum Gasteiger partial charge on any atom is 0.159 e. The van der Waals surface area contributed by atoms with Gasteiger partial charge >= 0.3 is 0 Å². The number of carbonyl (C=O) groups excluding carboxylic acids is 2. The summed E-state index contributed by atoms with van der Waals surface area (Å²) in [5, 5.41) is 0. The molecule has 0 heterocycles. The maximum atomic E-state index is 10.8. The molecular weight excluding hydrogens is 164 g/mol. The zero-order valence-electron chi connectivity index (χ0n) is 8.04. The minimum Gasteiger partial charge on any atom is -0.307 e. The summed E-state index contributed by atoms with van der Waals surface area (Å²) in [6, 6.07) is 7.75. The van der Waals surface area contributed by atoms with Crippen LogP contribution < -0.4 is 0 Å². The van der Waals surface area contributed by atoms with Crippen LogP contribution in [0.1, 0.15) is 29.8 Å². The third-order valence-electron chi connectivity index (χ3n) is 1.77. The van der Waals surface area contributed by atoms with E-state index in [4.69, 9.17) is 4.79 Å². The molecule has 0 aliphatic rings. The van der Waals surface area contributed by atoms with Gasteiger partial charge in [0.15, 0.2) is 5.78 Å². The molecule has 13 heavy (non-hydrogen) atoms. The van der Waals surface area contributed by atoms with Crippen LogP contribution in [0.25, 0.3) is 0 Å². The number of Topliss-reactive ketones (excluding diaryl/α,β-unsaturated/α-hetero) is 1. The zero-order valence-corrected chi connectivity index (χ0v) is 8.04. The molecule has 0 atom stereocenters. The SMILES string of the molecule is C=O.CCc1ccc(C(C)=O)cc1. The first-order valence-electron chi connectivity index (χ1n) is 4.12.